The van der Waals surface area contributed by atoms with Gasteiger partial charge in [-0.3, -0.25) is 0 Å². The predicted molar refractivity (Wildman–Crippen MR) is 87.4 cm³/mol. The molecule has 21 heavy (non-hydrogen) atoms. The van der Waals surface area contributed by atoms with Crippen molar-refractivity contribution < 1.29 is 14.0 Å². The topological polar surface area (TPSA) is 45.5 Å². The smallest absolute Gasteiger partial charge is 0.406 e. The van der Waals surface area contributed by atoms with E-state index in [0.29, 0.717) is 19.9 Å². The summed E-state index contributed by atoms with van der Waals surface area (Å²) in [6.45, 7) is 14.0. The molecule has 2 heterocycles. The normalized spacial score (nSPS) is 19.0. The summed E-state index contributed by atoms with van der Waals surface area (Å²) >= 11 is 0. The van der Waals surface area contributed by atoms with Gasteiger partial charge < -0.3 is 14.0 Å². The molecule has 0 N–H and O–H groups in total. The maximum absolute atomic E-state index is 5.81. The van der Waals surface area contributed by atoms with Crippen LogP contribution in [0.2, 0.25) is 25.7 Å². The maximum Gasteiger partial charge on any atom is 0.513 e. The molecule has 1 aromatic heterocycles. The van der Waals surface area contributed by atoms with E-state index in [0.717, 1.165) is 18.2 Å². The molecule has 0 aliphatic carbocycles. The number of aromatic nitrogens is 2. The van der Waals surface area contributed by atoms with Crippen LogP contribution in [-0.4, -0.2) is 44.8 Å². The summed E-state index contributed by atoms with van der Waals surface area (Å²) < 4.78 is 19.2. The van der Waals surface area contributed by atoms with Crippen molar-refractivity contribution in [3.05, 3.63) is 12.3 Å². The van der Waals surface area contributed by atoms with Gasteiger partial charge in [0.25, 0.3) is 0 Å². The Kier molecular flexibility index (Phi) is 5.29. The highest BCUT2D eigenvalue weighted by Gasteiger charge is 2.35. The van der Waals surface area contributed by atoms with Crippen LogP contribution in [-0.2, 0) is 20.8 Å². The fourth-order valence-corrected chi connectivity index (χ4v) is 2.80. The second kappa shape index (κ2) is 6.64. The second-order valence-corrected chi connectivity index (χ2v) is 13.3. The first kappa shape index (κ1) is 16.7. The van der Waals surface area contributed by atoms with Crippen molar-refractivity contribution in [2.24, 2.45) is 5.41 Å². The lowest BCUT2D eigenvalue weighted by atomic mass is 9.80. The van der Waals surface area contributed by atoms with Gasteiger partial charge in [0.15, 0.2) is 0 Å². The Balaban J connectivity index is 1.85. The number of ether oxygens (including phenoxy) is 1. The first-order chi connectivity index (χ1) is 9.77. The van der Waals surface area contributed by atoms with E-state index in [1.165, 1.54) is 0 Å². The summed E-state index contributed by atoms with van der Waals surface area (Å²) in [4.78, 5) is 0. The minimum atomic E-state index is -1.05. The van der Waals surface area contributed by atoms with Crippen LogP contribution < -0.4 is 5.59 Å². The summed E-state index contributed by atoms with van der Waals surface area (Å²) in [5, 5.41) is 4.30. The van der Waals surface area contributed by atoms with E-state index in [-0.39, 0.29) is 12.5 Å². The summed E-state index contributed by atoms with van der Waals surface area (Å²) in [6, 6.07) is 3.10. The summed E-state index contributed by atoms with van der Waals surface area (Å²) in [6.07, 6.45) is 1.77. The van der Waals surface area contributed by atoms with Crippen LogP contribution in [0.4, 0.5) is 0 Å². The highest BCUT2D eigenvalue weighted by molar-refractivity contribution is 6.76. The molecule has 0 atom stereocenters. The molecule has 1 aliphatic heterocycles. The standard InChI is InChI=1S/C14H27BN2O3Si/c1-14(2)10-19-15(20-11-14)13-6-7-16-17(13)12-18-8-9-21(3,4)5/h6-7H,8-12H2,1-5H3. The predicted octanol–water partition coefficient (Wildman–Crippen LogP) is 1.96. The fraction of sp³-hybridized carbons (Fsp3) is 0.786. The Morgan fingerprint density at radius 3 is 2.62 bits per heavy atom. The largest absolute Gasteiger partial charge is 0.513 e. The fourth-order valence-electron chi connectivity index (χ4n) is 2.04. The highest BCUT2D eigenvalue weighted by Crippen LogP contribution is 2.21. The molecule has 0 radical (unpaired) electrons. The third-order valence-electron chi connectivity index (χ3n) is 3.45. The van der Waals surface area contributed by atoms with Crippen LogP contribution in [0.3, 0.4) is 0 Å². The minimum absolute atomic E-state index is 0.0786. The van der Waals surface area contributed by atoms with Gasteiger partial charge in [0.05, 0.1) is 5.59 Å². The van der Waals surface area contributed by atoms with E-state index in [4.69, 9.17) is 14.0 Å². The van der Waals surface area contributed by atoms with Crippen molar-refractivity contribution in [1.29, 1.82) is 0 Å². The number of nitrogens with zero attached hydrogens (tertiary/aromatic N) is 2. The zero-order chi connectivity index (χ0) is 15.5. The molecular weight excluding hydrogens is 283 g/mol. The lowest BCUT2D eigenvalue weighted by Gasteiger charge is -2.33. The van der Waals surface area contributed by atoms with Crippen molar-refractivity contribution in [1.82, 2.24) is 9.78 Å². The zero-order valence-corrected chi connectivity index (χ0v) is 14.9. The summed E-state index contributed by atoms with van der Waals surface area (Å²) in [5.41, 5.74) is 1.01. The quantitative estimate of drug-likeness (QED) is 0.595. The molecule has 7 heteroatoms. The van der Waals surface area contributed by atoms with Gasteiger partial charge in [0.2, 0.25) is 0 Å². The Morgan fingerprint density at radius 2 is 2.00 bits per heavy atom. The molecule has 5 nitrogen and oxygen atoms in total. The molecule has 1 aromatic rings. The summed E-state index contributed by atoms with van der Waals surface area (Å²) in [5.74, 6) is 0. The molecule has 0 spiro atoms. The molecule has 2 rings (SSSR count). The molecule has 0 saturated carbocycles. The first-order valence-electron chi connectivity index (χ1n) is 7.60. The summed E-state index contributed by atoms with van der Waals surface area (Å²) in [7, 11) is -1.38. The molecule has 0 unspecified atom stereocenters. The minimum Gasteiger partial charge on any atom is -0.406 e. The molecule has 1 fully saturated rings. The highest BCUT2D eigenvalue weighted by atomic mass is 28.3. The Hall–Kier alpha value is -0.628. The van der Waals surface area contributed by atoms with Gasteiger partial charge in [0.1, 0.15) is 6.73 Å². The Bertz CT molecular complexity index is 449. The lowest BCUT2D eigenvalue weighted by molar-refractivity contribution is 0.0318. The SMILES string of the molecule is CC1(C)COB(c2ccnn2COCC[Si](C)(C)C)OC1. The van der Waals surface area contributed by atoms with Crippen molar-refractivity contribution in [3.63, 3.8) is 0 Å². The van der Waals surface area contributed by atoms with Crippen LogP contribution in [0.1, 0.15) is 13.8 Å². The van der Waals surface area contributed by atoms with Gasteiger partial charge in [-0.25, -0.2) is 4.68 Å². The number of hydrogen-bond donors (Lipinski definition) is 0. The molecule has 0 aromatic carbocycles. The van der Waals surface area contributed by atoms with Gasteiger partial charge in [-0.1, -0.05) is 33.5 Å². The number of hydrogen-bond acceptors (Lipinski definition) is 4. The molecule has 0 amide bonds. The van der Waals surface area contributed by atoms with Gasteiger partial charge >= 0.3 is 7.12 Å². The maximum atomic E-state index is 5.81. The second-order valence-electron chi connectivity index (χ2n) is 7.72. The molecule has 1 aliphatic rings. The average Bonchev–Trinajstić information content (AvgIpc) is 2.82. The molecule has 0 bridgehead atoms. The third kappa shape index (κ3) is 5.25. The third-order valence-corrected chi connectivity index (χ3v) is 5.16. The van der Waals surface area contributed by atoms with Crippen molar-refractivity contribution in [3.8, 4) is 0 Å². The van der Waals surface area contributed by atoms with Crippen LogP contribution in [0.25, 0.3) is 0 Å². The van der Waals surface area contributed by atoms with Crippen LogP contribution >= 0.6 is 0 Å². The molecule has 118 valence electrons. The first-order valence-corrected chi connectivity index (χ1v) is 11.3. The van der Waals surface area contributed by atoms with Crippen molar-refractivity contribution >= 4 is 20.8 Å². The van der Waals surface area contributed by atoms with E-state index < -0.39 is 8.07 Å². The van der Waals surface area contributed by atoms with Crippen molar-refractivity contribution in [2.45, 2.75) is 46.3 Å². The van der Waals surface area contributed by atoms with Crippen LogP contribution in [0, 0.1) is 5.41 Å². The average molecular weight is 310 g/mol. The van der Waals surface area contributed by atoms with Gasteiger partial charge in [-0.15, -0.1) is 0 Å². The molecular formula is C14H27BN2O3Si. The van der Waals surface area contributed by atoms with Crippen molar-refractivity contribution in [2.75, 3.05) is 19.8 Å². The van der Waals surface area contributed by atoms with Gasteiger partial charge in [0, 0.05) is 39.5 Å². The van der Waals surface area contributed by atoms with Crippen LogP contribution in [0.15, 0.2) is 12.3 Å². The van der Waals surface area contributed by atoms with E-state index in [9.17, 15) is 0 Å². The lowest BCUT2D eigenvalue weighted by Crippen LogP contribution is -2.50. The van der Waals surface area contributed by atoms with E-state index in [2.05, 4.69) is 38.6 Å². The Labute approximate surface area is 129 Å². The number of rotatable bonds is 6. The van der Waals surface area contributed by atoms with Gasteiger partial charge in [-0.2, -0.15) is 5.10 Å². The molecule has 1 saturated heterocycles. The monoisotopic (exact) mass is 310 g/mol. The van der Waals surface area contributed by atoms with E-state index in [1.54, 1.807) is 6.20 Å². The van der Waals surface area contributed by atoms with Gasteiger partial charge in [-0.05, 0) is 12.1 Å². The van der Waals surface area contributed by atoms with E-state index in [1.807, 2.05) is 10.7 Å². The zero-order valence-electron chi connectivity index (χ0n) is 13.9. The van der Waals surface area contributed by atoms with Crippen LogP contribution in [0.5, 0.6) is 0 Å². The van der Waals surface area contributed by atoms with E-state index >= 15 is 0 Å². The Morgan fingerprint density at radius 1 is 1.33 bits per heavy atom.